The Hall–Kier alpha value is -1.58. The Morgan fingerprint density at radius 1 is 1.25 bits per heavy atom. The van der Waals surface area contributed by atoms with Gasteiger partial charge in [-0.15, -0.1) is 0 Å². The molecule has 0 amide bonds. The summed E-state index contributed by atoms with van der Waals surface area (Å²) in [6.45, 7) is 0. The third-order valence-electron chi connectivity index (χ3n) is 3.29. The third-order valence-corrected chi connectivity index (χ3v) is 3.58. The predicted molar refractivity (Wildman–Crippen MR) is 79.9 cm³/mol. The van der Waals surface area contributed by atoms with E-state index in [-0.39, 0.29) is 11.1 Å². The molecule has 2 aromatic rings. The molecular weight excluding hydrogens is 277 g/mol. The van der Waals surface area contributed by atoms with Crippen molar-refractivity contribution in [3.8, 4) is 5.75 Å². The number of ether oxygens (including phenoxy) is 1. The van der Waals surface area contributed by atoms with Gasteiger partial charge in [0.05, 0.1) is 12.1 Å². The van der Waals surface area contributed by atoms with Crippen LogP contribution >= 0.6 is 11.6 Å². The summed E-state index contributed by atoms with van der Waals surface area (Å²) in [5.41, 5.74) is 2.04. The second-order valence-electron chi connectivity index (χ2n) is 4.54. The summed E-state index contributed by atoms with van der Waals surface area (Å²) >= 11 is 5.82. The van der Waals surface area contributed by atoms with Gasteiger partial charge in [-0.2, -0.15) is 0 Å². The summed E-state index contributed by atoms with van der Waals surface area (Å²) in [5.74, 6) is 0.439. The first-order chi connectivity index (χ1) is 9.65. The Morgan fingerprint density at radius 3 is 2.65 bits per heavy atom. The maximum absolute atomic E-state index is 13.2. The molecular formula is C16H17ClFNO. The van der Waals surface area contributed by atoms with Gasteiger partial charge in [0.25, 0.3) is 0 Å². The van der Waals surface area contributed by atoms with Crippen LogP contribution in [0.4, 0.5) is 4.39 Å². The fraction of sp³-hybridized carbons (Fsp3) is 0.250. The van der Waals surface area contributed by atoms with Gasteiger partial charge in [0, 0.05) is 11.6 Å². The Labute approximate surface area is 123 Å². The molecule has 2 nitrogen and oxygen atoms in total. The Bertz CT molecular complexity index is 588. The number of likely N-dealkylation sites (N-methyl/N-ethyl adjacent to an activating group) is 1. The Kier molecular flexibility index (Phi) is 4.99. The van der Waals surface area contributed by atoms with Crippen molar-refractivity contribution in [2.45, 2.75) is 12.5 Å². The van der Waals surface area contributed by atoms with Crippen LogP contribution in [0, 0.1) is 5.82 Å². The number of halogens is 2. The summed E-state index contributed by atoms with van der Waals surface area (Å²) in [4.78, 5) is 0. The zero-order valence-electron chi connectivity index (χ0n) is 11.5. The van der Waals surface area contributed by atoms with Crippen molar-refractivity contribution >= 4 is 11.6 Å². The lowest BCUT2D eigenvalue weighted by Crippen LogP contribution is -2.19. The summed E-state index contributed by atoms with van der Waals surface area (Å²) < 4.78 is 18.6. The SMILES string of the molecule is CNC(Cc1ccc(F)c(Cl)c1)c1ccccc1OC. The van der Waals surface area contributed by atoms with Gasteiger partial charge in [-0.1, -0.05) is 35.9 Å². The molecule has 0 aliphatic heterocycles. The molecule has 2 aromatic carbocycles. The highest BCUT2D eigenvalue weighted by Gasteiger charge is 2.15. The number of hydrogen-bond acceptors (Lipinski definition) is 2. The highest BCUT2D eigenvalue weighted by molar-refractivity contribution is 6.30. The first kappa shape index (κ1) is 14.8. The average molecular weight is 294 g/mol. The minimum absolute atomic E-state index is 0.0766. The molecule has 0 bridgehead atoms. The molecule has 20 heavy (non-hydrogen) atoms. The van der Waals surface area contributed by atoms with Crippen molar-refractivity contribution in [3.63, 3.8) is 0 Å². The van der Waals surface area contributed by atoms with Gasteiger partial charge >= 0.3 is 0 Å². The molecule has 0 aliphatic carbocycles. The van der Waals surface area contributed by atoms with Crippen LogP contribution in [-0.2, 0) is 6.42 Å². The average Bonchev–Trinajstić information content (AvgIpc) is 2.48. The second-order valence-corrected chi connectivity index (χ2v) is 4.94. The largest absolute Gasteiger partial charge is 0.496 e. The first-order valence-electron chi connectivity index (χ1n) is 6.39. The topological polar surface area (TPSA) is 21.3 Å². The fourth-order valence-electron chi connectivity index (χ4n) is 2.22. The van der Waals surface area contributed by atoms with E-state index >= 15 is 0 Å². The second kappa shape index (κ2) is 6.73. The van der Waals surface area contributed by atoms with Gasteiger partial charge in [-0.25, -0.2) is 4.39 Å². The molecule has 0 radical (unpaired) electrons. The number of methoxy groups -OCH3 is 1. The molecule has 0 aromatic heterocycles. The molecule has 0 fully saturated rings. The summed E-state index contributed by atoms with van der Waals surface area (Å²) in [7, 11) is 3.54. The highest BCUT2D eigenvalue weighted by Crippen LogP contribution is 2.28. The highest BCUT2D eigenvalue weighted by atomic mass is 35.5. The van der Waals surface area contributed by atoms with Crippen LogP contribution in [0.1, 0.15) is 17.2 Å². The van der Waals surface area contributed by atoms with Crippen LogP contribution in [0.3, 0.4) is 0 Å². The number of para-hydroxylation sites is 1. The lowest BCUT2D eigenvalue weighted by molar-refractivity contribution is 0.401. The molecule has 0 saturated heterocycles. The lowest BCUT2D eigenvalue weighted by Gasteiger charge is -2.19. The van der Waals surface area contributed by atoms with Gasteiger partial charge in [-0.05, 0) is 37.2 Å². The molecule has 0 saturated carbocycles. The standard InChI is InChI=1S/C16H17ClFNO/c1-19-15(12-5-3-4-6-16(12)20-2)10-11-7-8-14(18)13(17)9-11/h3-9,15,19H,10H2,1-2H3. The van der Waals surface area contributed by atoms with Crippen LogP contribution in [0.2, 0.25) is 5.02 Å². The van der Waals surface area contributed by atoms with Crippen LogP contribution in [-0.4, -0.2) is 14.2 Å². The van der Waals surface area contributed by atoms with Crippen LogP contribution in [0.15, 0.2) is 42.5 Å². The van der Waals surface area contributed by atoms with E-state index in [4.69, 9.17) is 16.3 Å². The Balaban J connectivity index is 2.26. The van der Waals surface area contributed by atoms with Crippen molar-refractivity contribution in [1.29, 1.82) is 0 Å². The van der Waals surface area contributed by atoms with Gasteiger partial charge in [0.15, 0.2) is 0 Å². The Morgan fingerprint density at radius 2 is 2.00 bits per heavy atom. The van der Waals surface area contributed by atoms with Gasteiger partial charge < -0.3 is 10.1 Å². The van der Waals surface area contributed by atoms with Crippen molar-refractivity contribution in [2.75, 3.05) is 14.2 Å². The molecule has 0 aliphatic rings. The molecule has 106 valence electrons. The number of benzene rings is 2. The van der Waals surface area contributed by atoms with Gasteiger partial charge in [-0.3, -0.25) is 0 Å². The molecule has 1 unspecified atom stereocenters. The smallest absolute Gasteiger partial charge is 0.141 e. The molecule has 2 rings (SSSR count). The summed E-state index contributed by atoms with van der Waals surface area (Å²) in [6, 6.07) is 12.7. The first-order valence-corrected chi connectivity index (χ1v) is 6.77. The van der Waals surface area contributed by atoms with Crippen molar-refractivity contribution in [3.05, 3.63) is 64.4 Å². The van der Waals surface area contributed by atoms with E-state index in [2.05, 4.69) is 5.32 Å². The maximum atomic E-state index is 13.2. The molecule has 1 atom stereocenters. The van der Waals surface area contributed by atoms with E-state index in [9.17, 15) is 4.39 Å². The van der Waals surface area contributed by atoms with Gasteiger partial charge in [0.1, 0.15) is 11.6 Å². The van der Waals surface area contributed by atoms with Crippen LogP contribution < -0.4 is 10.1 Å². The van der Waals surface area contributed by atoms with Crippen LogP contribution in [0.5, 0.6) is 5.75 Å². The van der Waals surface area contributed by atoms with Crippen molar-refractivity contribution in [2.24, 2.45) is 0 Å². The minimum Gasteiger partial charge on any atom is -0.496 e. The number of rotatable bonds is 5. The summed E-state index contributed by atoms with van der Waals surface area (Å²) in [6.07, 6.45) is 0.705. The predicted octanol–water partition coefficient (Wildman–Crippen LogP) is 3.99. The van der Waals surface area contributed by atoms with Crippen LogP contribution in [0.25, 0.3) is 0 Å². The van der Waals surface area contributed by atoms with Crippen molar-refractivity contribution < 1.29 is 9.13 Å². The maximum Gasteiger partial charge on any atom is 0.141 e. The van der Waals surface area contributed by atoms with E-state index in [0.717, 1.165) is 16.9 Å². The normalized spacial score (nSPS) is 12.2. The van der Waals surface area contributed by atoms with Crippen molar-refractivity contribution in [1.82, 2.24) is 5.32 Å². The molecule has 0 spiro atoms. The third kappa shape index (κ3) is 3.30. The van der Waals surface area contributed by atoms with E-state index in [1.54, 1.807) is 19.2 Å². The van der Waals surface area contributed by atoms with E-state index in [1.165, 1.54) is 6.07 Å². The lowest BCUT2D eigenvalue weighted by atomic mass is 9.98. The quantitative estimate of drug-likeness (QED) is 0.900. The molecule has 1 N–H and O–H groups in total. The number of nitrogens with one attached hydrogen (secondary N) is 1. The van der Waals surface area contributed by atoms with E-state index in [1.807, 2.05) is 31.3 Å². The number of hydrogen-bond donors (Lipinski definition) is 1. The van der Waals surface area contributed by atoms with Gasteiger partial charge in [0.2, 0.25) is 0 Å². The summed E-state index contributed by atoms with van der Waals surface area (Å²) in [5, 5.41) is 3.41. The van der Waals surface area contributed by atoms with E-state index in [0.29, 0.717) is 6.42 Å². The fourth-order valence-corrected chi connectivity index (χ4v) is 2.43. The zero-order chi connectivity index (χ0) is 14.5. The van der Waals surface area contributed by atoms with E-state index < -0.39 is 5.82 Å². The molecule has 0 heterocycles. The molecule has 4 heteroatoms. The minimum atomic E-state index is -0.395. The monoisotopic (exact) mass is 293 g/mol. The zero-order valence-corrected chi connectivity index (χ0v) is 12.2.